The molecule has 26 heavy (non-hydrogen) atoms. The molecule has 1 aliphatic carbocycles. The lowest BCUT2D eigenvalue weighted by Crippen LogP contribution is -2.56. The fourth-order valence-corrected chi connectivity index (χ4v) is 3.01. The van der Waals surface area contributed by atoms with E-state index in [-0.39, 0.29) is 24.7 Å². The largest absolute Gasteiger partial charge is 0.494 e. The van der Waals surface area contributed by atoms with Gasteiger partial charge in [-0.1, -0.05) is 24.6 Å². The number of carboxylic acid groups (broad SMARTS) is 1. The van der Waals surface area contributed by atoms with Gasteiger partial charge in [0, 0.05) is 18.6 Å². The molecule has 0 aromatic heterocycles. The average molecular weight is 363 g/mol. The Hall–Kier alpha value is -2.28. The molecule has 0 spiro atoms. The molecule has 1 fully saturated rings. The van der Waals surface area contributed by atoms with Crippen molar-refractivity contribution in [2.45, 2.75) is 45.2 Å². The Morgan fingerprint density at radius 2 is 1.96 bits per heavy atom. The lowest BCUT2D eigenvalue weighted by molar-refractivity contribution is -0.139. The SMILES string of the molecule is CCN(CC(=O)O)C1CC(NC(=O)NCCCOc2ccc(C)cc2)C1. The fraction of sp³-hybridized carbons (Fsp3) is 0.579. The Morgan fingerprint density at radius 1 is 1.27 bits per heavy atom. The Morgan fingerprint density at radius 3 is 2.58 bits per heavy atom. The number of hydrogen-bond acceptors (Lipinski definition) is 4. The van der Waals surface area contributed by atoms with E-state index in [4.69, 9.17) is 9.84 Å². The van der Waals surface area contributed by atoms with Crippen LogP contribution in [0.15, 0.2) is 24.3 Å². The molecule has 1 saturated carbocycles. The number of rotatable bonds is 10. The molecular formula is C19H29N3O4. The van der Waals surface area contributed by atoms with E-state index in [2.05, 4.69) is 10.6 Å². The number of aliphatic carboxylic acids is 1. The van der Waals surface area contributed by atoms with Crippen molar-refractivity contribution in [2.75, 3.05) is 26.2 Å². The molecular weight excluding hydrogens is 334 g/mol. The smallest absolute Gasteiger partial charge is 0.317 e. The summed E-state index contributed by atoms with van der Waals surface area (Å²) in [4.78, 5) is 24.6. The highest BCUT2D eigenvalue weighted by atomic mass is 16.5. The van der Waals surface area contributed by atoms with Crippen molar-refractivity contribution in [3.8, 4) is 5.75 Å². The van der Waals surface area contributed by atoms with Crippen LogP contribution in [0.1, 0.15) is 31.7 Å². The molecule has 0 unspecified atom stereocenters. The third kappa shape index (κ3) is 6.55. The zero-order chi connectivity index (χ0) is 18.9. The van der Waals surface area contributed by atoms with Crippen LogP contribution in [0.3, 0.4) is 0 Å². The molecule has 2 amide bonds. The van der Waals surface area contributed by atoms with Gasteiger partial charge in [0.05, 0.1) is 13.2 Å². The first-order valence-corrected chi connectivity index (χ1v) is 9.17. The molecule has 7 heteroatoms. The maximum atomic E-state index is 11.9. The topological polar surface area (TPSA) is 90.9 Å². The summed E-state index contributed by atoms with van der Waals surface area (Å²) in [7, 11) is 0. The Labute approximate surface area is 154 Å². The summed E-state index contributed by atoms with van der Waals surface area (Å²) in [6, 6.07) is 8.06. The molecule has 1 aliphatic rings. The fourth-order valence-electron chi connectivity index (χ4n) is 3.01. The molecule has 3 N–H and O–H groups in total. The van der Waals surface area contributed by atoms with E-state index in [1.807, 2.05) is 43.0 Å². The number of carboxylic acids is 1. The lowest BCUT2D eigenvalue weighted by atomic mass is 9.85. The van der Waals surface area contributed by atoms with E-state index >= 15 is 0 Å². The number of nitrogens with zero attached hydrogens (tertiary/aromatic N) is 1. The van der Waals surface area contributed by atoms with Gasteiger partial charge in [0.2, 0.25) is 0 Å². The van der Waals surface area contributed by atoms with Gasteiger partial charge < -0.3 is 20.5 Å². The first-order valence-electron chi connectivity index (χ1n) is 9.17. The number of carbonyl (C=O) groups excluding carboxylic acids is 1. The second-order valence-corrected chi connectivity index (χ2v) is 6.69. The third-order valence-corrected chi connectivity index (χ3v) is 4.61. The van der Waals surface area contributed by atoms with E-state index in [1.54, 1.807) is 0 Å². The van der Waals surface area contributed by atoms with Gasteiger partial charge in [-0.25, -0.2) is 4.79 Å². The molecule has 144 valence electrons. The number of aryl methyl sites for hydroxylation is 1. The monoisotopic (exact) mass is 363 g/mol. The van der Waals surface area contributed by atoms with Crippen LogP contribution in [0.25, 0.3) is 0 Å². The number of urea groups is 1. The summed E-state index contributed by atoms with van der Waals surface area (Å²) in [5.41, 5.74) is 1.19. The minimum Gasteiger partial charge on any atom is -0.494 e. The first kappa shape index (κ1) is 20.0. The van der Waals surface area contributed by atoms with Crippen LogP contribution in [-0.4, -0.2) is 60.3 Å². The van der Waals surface area contributed by atoms with Gasteiger partial charge in [-0.3, -0.25) is 9.69 Å². The van der Waals surface area contributed by atoms with Crippen LogP contribution in [-0.2, 0) is 4.79 Å². The van der Waals surface area contributed by atoms with E-state index in [1.165, 1.54) is 5.56 Å². The predicted octanol–water partition coefficient (Wildman–Crippen LogP) is 2.00. The van der Waals surface area contributed by atoms with Gasteiger partial charge in [0.15, 0.2) is 0 Å². The number of amides is 2. The van der Waals surface area contributed by atoms with E-state index < -0.39 is 5.97 Å². The molecule has 0 atom stereocenters. The summed E-state index contributed by atoms with van der Waals surface area (Å²) in [6.07, 6.45) is 2.33. The van der Waals surface area contributed by atoms with Crippen LogP contribution in [0.4, 0.5) is 4.79 Å². The van der Waals surface area contributed by atoms with Crippen molar-refractivity contribution in [3.05, 3.63) is 29.8 Å². The Bertz CT molecular complexity index is 585. The molecule has 1 aromatic carbocycles. The lowest BCUT2D eigenvalue weighted by Gasteiger charge is -2.42. The van der Waals surface area contributed by atoms with Crippen LogP contribution >= 0.6 is 0 Å². The molecule has 1 aromatic rings. The van der Waals surface area contributed by atoms with Crippen LogP contribution in [0, 0.1) is 6.92 Å². The van der Waals surface area contributed by atoms with Gasteiger partial charge in [-0.05, 0) is 44.9 Å². The summed E-state index contributed by atoms with van der Waals surface area (Å²) < 4.78 is 5.62. The van der Waals surface area contributed by atoms with Crippen molar-refractivity contribution in [3.63, 3.8) is 0 Å². The van der Waals surface area contributed by atoms with Crippen LogP contribution in [0.2, 0.25) is 0 Å². The predicted molar refractivity (Wildman–Crippen MR) is 99.5 cm³/mol. The number of likely N-dealkylation sites (N-methyl/N-ethyl adjacent to an activating group) is 1. The van der Waals surface area contributed by atoms with Gasteiger partial charge >= 0.3 is 12.0 Å². The summed E-state index contributed by atoms with van der Waals surface area (Å²) in [6.45, 7) is 5.85. The number of nitrogens with one attached hydrogen (secondary N) is 2. The second kappa shape index (κ2) is 10.0. The Kier molecular flexibility index (Phi) is 7.72. The zero-order valence-corrected chi connectivity index (χ0v) is 15.5. The number of hydrogen-bond donors (Lipinski definition) is 3. The maximum Gasteiger partial charge on any atom is 0.317 e. The summed E-state index contributed by atoms with van der Waals surface area (Å²) >= 11 is 0. The number of benzene rings is 1. The molecule has 7 nitrogen and oxygen atoms in total. The van der Waals surface area contributed by atoms with Crippen molar-refractivity contribution >= 4 is 12.0 Å². The molecule has 0 saturated heterocycles. The summed E-state index contributed by atoms with van der Waals surface area (Å²) in [5.74, 6) is 0.0243. The van der Waals surface area contributed by atoms with Crippen LogP contribution < -0.4 is 15.4 Å². The van der Waals surface area contributed by atoms with Crippen molar-refractivity contribution in [1.29, 1.82) is 0 Å². The second-order valence-electron chi connectivity index (χ2n) is 6.69. The van der Waals surface area contributed by atoms with Crippen molar-refractivity contribution in [2.24, 2.45) is 0 Å². The quantitative estimate of drug-likeness (QED) is 0.553. The van der Waals surface area contributed by atoms with Crippen LogP contribution in [0.5, 0.6) is 5.75 Å². The van der Waals surface area contributed by atoms with Gasteiger partial charge in [-0.2, -0.15) is 0 Å². The van der Waals surface area contributed by atoms with Gasteiger partial charge in [-0.15, -0.1) is 0 Å². The molecule has 0 radical (unpaired) electrons. The van der Waals surface area contributed by atoms with Gasteiger partial charge in [0.1, 0.15) is 5.75 Å². The highest BCUT2D eigenvalue weighted by Crippen LogP contribution is 2.25. The van der Waals surface area contributed by atoms with E-state index in [0.717, 1.165) is 25.0 Å². The summed E-state index contributed by atoms with van der Waals surface area (Å²) in [5, 5.41) is 14.6. The molecule has 0 aliphatic heterocycles. The highest BCUT2D eigenvalue weighted by Gasteiger charge is 2.34. The number of carbonyl (C=O) groups is 2. The van der Waals surface area contributed by atoms with Gasteiger partial charge in [0.25, 0.3) is 0 Å². The Balaban J connectivity index is 1.53. The minimum atomic E-state index is -0.811. The first-order chi connectivity index (χ1) is 12.5. The average Bonchev–Trinajstić information content (AvgIpc) is 2.57. The third-order valence-electron chi connectivity index (χ3n) is 4.61. The van der Waals surface area contributed by atoms with E-state index in [9.17, 15) is 9.59 Å². The number of ether oxygens (including phenoxy) is 1. The van der Waals surface area contributed by atoms with Crippen molar-refractivity contribution < 1.29 is 19.4 Å². The highest BCUT2D eigenvalue weighted by molar-refractivity contribution is 5.74. The standard InChI is InChI=1S/C19H29N3O4/c1-3-22(13-18(23)24)16-11-15(12-16)21-19(25)20-9-4-10-26-17-7-5-14(2)6-8-17/h5-8,15-16H,3-4,9-13H2,1-2H3,(H,23,24)(H2,20,21,25). The van der Waals surface area contributed by atoms with Crippen molar-refractivity contribution in [1.82, 2.24) is 15.5 Å². The van der Waals surface area contributed by atoms with E-state index in [0.29, 0.717) is 19.7 Å². The molecule has 2 rings (SSSR count). The minimum absolute atomic E-state index is 0.0566. The zero-order valence-electron chi connectivity index (χ0n) is 15.5. The molecule has 0 bridgehead atoms. The maximum absolute atomic E-state index is 11.9. The normalized spacial score (nSPS) is 18.9. The molecule has 0 heterocycles.